The first-order valence-electron chi connectivity index (χ1n) is 10.2. The van der Waals surface area contributed by atoms with Crippen molar-refractivity contribution in [2.45, 2.75) is 38.7 Å². The van der Waals surface area contributed by atoms with E-state index in [0.717, 1.165) is 25.9 Å². The summed E-state index contributed by atoms with van der Waals surface area (Å²) < 4.78 is 6.38. The van der Waals surface area contributed by atoms with Gasteiger partial charge in [-0.05, 0) is 56.4 Å². The number of nitrogens with zero attached hydrogens (tertiary/aromatic N) is 1. The first-order chi connectivity index (χ1) is 13.6. The lowest BCUT2D eigenvalue weighted by molar-refractivity contribution is -0.117. The van der Waals surface area contributed by atoms with E-state index in [4.69, 9.17) is 4.74 Å². The monoisotopic (exact) mass is 377 g/mol. The molecular formula is C24H27NO3. The molecule has 2 aliphatic rings. The molecule has 1 fully saturated rings. The molecule has 4 nitrogen and oxygen atoms in total. The van der Waals surface area contributed by atoms with E-state index in [1.54, 1.807) is 6.92 Å². The number of rotatable bonds is 5. The van der Waals surface area contributed by atoms with E-state index in [1.807, 2.05) is 30.3 Å². The predicted octanol–water partition coefficient (Wildman–Crippen LogP) is 4.53. The lowest BCUT2D eigenvalue weighted by Crippen LogP contribution is -2.47. The second-order valence-corrected chi connectivity index (χ2v) is 7.95. The molecule has 4 heteroatoms. The molecular weight excluding hydrogens is 350 g/mol. The number of carbonyl (C=O) groups excluding carboxylic acids is 2. The maximum Gasteiger partial charge on any atom is 0.173 e. The van der Waals surface area contributed by atoms with Crippen molar-refractivity contribution in [3.05, 3.63) is 60.2 Å². The molecule has 0 aliphatic carbocycles. The van der Waals surface area contributed by atoms with Crippen LogP contribution in [0.3, 0.4) is 0 Å². The van der Waals surface area contributed by atoms with E-state index in [2.05, 4.69) is 29.2 Å². The Morgan fingerprint density at radius 1 is 1.04 bits per heavy atom. The SMILES string of the molecule is CC(=O)CCC1C(=O)c2ccccc2OC1C1CCN(c2ccccc2)CC1. The van der Waals surface area contributed by atoms with Gasteiger partial charge in [0.2, 0.25) is 0 Å². The summed E-state index contributed by atoms with van der Waals surface area (Å²) in [7, 11) is 0. The van der Waals surface area contributed by atoms with E-state index >= 15 is 0 Å². The zero-order valence-electron chi connectivity index (χ0n) is 16.3. The molecule has 0 aromatic heterocycles. The number of carbonyl (C=O) groups is 2. The van der Waals surface area contributed by atoms with E-state index in [9.17, 15) is 9.59 Å². The van der Waals surface area contributed by atoms with Crippen LogP contribution >= 0.6 is 0 Å². The molecule has 2 aromatic carbocycles. The first-order valence-corrected chi connectivity index (χ1v) is 10.2. The zero-order valence-corrected chi connectivity index (χ0v) is 16.3. The molecule has 2 heterocycles. The van der Waals surface area contributed by atoms with Crippen LogP contribution in [0.15, 0.2) is 54.6 Å². The Kier molecular flexibility index (Phi) is 5.47. The minimum atomic E-state index is -0.230. The van der Waals surface area contributed by atoms with Gasteiger partial charge in [-0.3, -0.25) is 4.79 Å². The number of benzene rings is 2. The Hall–Kier alpha value is -2.62. The summed E-state index contributed by atoms with van der Waals surface area (Å²) in [6, 6.07) is 18.0. The molecule has 4 rings (SSSR count). The Bertz CT molecular complexity index is 840. The fourth-order valence-corrected chi connectivity index (χ4v) is 4.55. The molecule has 1 saturated heterocycles. The van der Waals surface area contributed by atoms with Crippen LogP contribution in [0.25, 0.3) is 0 Å². The Balaban J connectivity index is 1.51. The number of anilines is 1. The maximum atomic E-state index is 13.2. The van der Waals surface area contributed by atoms with Crippen LogP contribution in [0.2, 0.25) is 0 Å². The van der Waals surface area contributed by atoms with Gasteiger partial charge in [0.1, 0.15) is 17.6 Å². The Morgan fingerprint density at radius 2 is 1.71 bits per heavy atom. The van der Waals surface area contributed by atoms with E-state index in [-0.39, 0.29) is 23.6 Å². The fourth-order valence-electron chi connectivity index (χ4n) is 4.55. The second-order valence-electron chi connectivity index (χ2n) is 7.95. The summed E-state index contributed by atoms with van der Waals surface area (Å²) in [5.41, 5.74) is 1.91. The number of hydrogen-bond donors (Lipinski definition) is 0. The van der Waals surface area contributed by atoms with Gasteiger partial charge in [-0.1, -0.05) is 30.3 Å². The Morgan fingerprint density at radius 3 is 2.43 bits per heavy atom. The molecule has 0 radical (unpaired) electrons. The molecule has 0 amide bonds. The largest absolute Gasteiger partial charge is 0.489 e. The van der Waals surface area contributed by atoms with Crippen LogP contribution in [0, 0.1) is 11.8 Å². The van der Waals surface area contributed by atoms with Crippen molar-refractivity contribution in [2.75, 3.05) is 18.0 Å². The van der Waals surface area contributed by atoms with Crippen molar-refractivity contribution in [1.82, 2.24) is 0 Å². The van der Waals surface area contributed by atoms with Crippen molar-refractivity contribution in [2.24, 2.45) is 11.8 Å². The Labute approximate surface area is 166 Å². The lowest BCUT2D eigenvalue weighted by atomic mass is 9.77. The third-order valence-electron chi connectivity index (χ3n) is 6.08. The van der Waals surface area contributed by atoms with Crippen molar-refractivity contribution >= 4 is 17.3 Å². The van der Waals surface area contributed by atoms with Crippen molar-refractivity contribution in [1.29, 1.82) is 0 Å². The van der Waals surface area contributed by atoms with Gasteiger partial charge in [-0.15, -0.1) is 0 Å². The van der Waals surface area contributed by atoms with Crippen molar-refractivity contribution in [3.63, 3.8) is 0 Å². The molecule has 0 spiro atoms. The summed E-state index contributed by atoms with van der Waals surface area (Å²) in [4.78, 5) is 27.1. The molecule has 2 unspecified atom stereocenters. The van der Waals surface area contributed by atoms with Crippen LogP contribution in [-0.4, -0.2) is 30.8 Å². The maximum absolute atomic E-state index is 13.2. The number of Topliss-reactive ketones (excluding diaryl/α,β-unsaturated/α-hetero) is 2. The molecule has 0 bridgehead atoms. The zero-order chi connectivity index (χ0) is 19.5. The minimum absolute atomic E-state index is 0.129. The van der Waals surface area contributed by atoms with Crippen LogP contribution in [0.4, 0.5) is 5.69 Å². The molecule has 2 aliphatic heterocycles. The summed E-state index contributed by atoms with van der Waals surface area (Å²) in [5, 5.41) is 0. The number of ether oxygens (including phenoxy) is 1. The molecule has 2 atom stereocenters. The average molecular weight is 377 g/mol. The number of para-hydroxylation sites is 2. The first kappa shape index (κ1) is 18.7. The molecule has 2 aromatic rings. The second kappa shape index (κ2) is 8.17. The summed E-state index contributed by atoms with van der Waals surface area (Å²) in [6.07, 6.45) is 2.85. The van der Waals surface area contributed by atoms with Gasteiger partial charge in [-0.25, -0.2) is 0 Å². The van der Waals surface area contributed by atoms with Gasteiger partial charge >= 0.3 is 0 Å². The highest BCUT2D eigenvalue weighted by atomic mass is 16.5. The molecule has 146 valence electrons. The summed E-state index contributed by atoms with van der Waals surface area (Å²) >= 11 is 0. The topological polar surface area (TPSA) is 46.6 Å². The standard InChI is InChI=1S/C24H27NO3/c1-17(26)11-12-21-23(27)20-9-5-6-10-22(20)28-24(21)18-13-15-25(16-14-18)19-7-3-2-4-8-19/h2-10,18,21,24H,11-16H2,1H3. The number of fused-ring (bicyclic) bond motifs is 1. The lowest BCUT2D eigenvalue weighted by Gasteiger charge is -2.41. The fraction of sp³-hybridized carbons (Fsp3) is 0.417. The summed E-state index contributed by atoms with van der Waals surface area (Å²) in [5.74, 6) is 1.06. The number of piperidine rings is 1. The van der Waals surface area contributed by atoms with Crippen molar-refractivity contribution in [3.8, 4) is 5.75 Å². The van der Waals surface area contributed by atoms with E-state index in [0.29, 0.717) is 30.1 Å². The van der Waals surface area contributed by atoms with Gasteiger partial charge < -0.3 is 14.4 Å². The van der Waals surface area contributed by atoms with Gasteiger partial charge in [0.15, 0.2) is 5.78 Å². The number of hydrogen-bond acceptors (Lipinski definition) is 4. The third kappa shape index (κ3) is 3.82. The molecule has 0 saturated carbocycles. The van der Waals surface area contributed by atoms with E-state index in [1.165, 1.54) is 5.69 Å². The highest BCUT2D eigenvalue weighted by Crippen LogP contribution is 2.39. The van der Waals surface area contributed by atoms with Crippen molar-refractivity contribution < 1.29 is 14.3 Å². The number of ketones is 2. The summed E-state index contributed by atoms with van der Waals surface area (Å²) in [6.45, 7) is 3.52. The van der Waals surface area contributed by atoms with Crippen LogP contribution < -0.4 is 9.64 Å². The highest BCUT2D eigenvalue weighted by molar-refractivity contribution is 6.01. The molecule has 28 heavy (non-hydrogen) atoms. The van der Waals surface area contributed by atoms with Gasteiger partial charge in [0.25, 0.3) is 0 Å². The molecule has 0 N–H and O–H groups in total. The average Bonchev–Trinajstić information content (AvgIpc) is 2.73. The quantitative estimate of drug-likeness (QED) is 0.768. The van der Waals surface area contributed by atoms with Crippen LogP contribution in [0.5, 0.6) is 5.75 Å². The third-order valence-corrected chi connectivity index (χ3v) is 6.08. The van der Waals surface area contributed by atoms with Gasteiger partial charge in [-0.2, -0.15) is 0 Å². The normalized spacial score (nSPS) is 22.5. The smallest absolute Gasteiger partial charge is 0.173 e. The van der Waals surface area contributed by atoms with Crippen LogP contribution in [-0.2, 0) is 4.79 Å². The minimum Gasteiger partial charge on any atom is -0.489 e. The van der Waals surface area contributed by atoms with Gasteiger partial charge in [0, 0.05) is 25.2 Å². The van der Waals surface area contributed by atoms with E-state index < -0.39 is 0 Å². The highest BCUT2D eigenvalue weighted by Gasteiger charge is 2.42. The van der Waals surface area contributed by atoms with Gasteiger partial charge in [0.05, 0.1) is 11.5 Å². The van der Waals surface area contributed by atoms with Crippen LogP contribution in [0.1, 0.15) is 43.0 Å². The predicted molar refractivity (Wildman–Crippen MR) is 110 cm³/mol.